The summed E-state index contributed by atoms with van der Waals surface area (Å²) >= 11 is 1.68. The van der Waals surface area contributed by atoms with E-state index < -0.39 is 0 Å². The van der Waals surface area contributed by atoms with Gasteiger partial charge in [0.15, 0.2) is 11.5 Å². The molecule has 1 aliphatic heterocycles. The van der Waals surface area contributed by atoms with Gasteiger partial charge in [-0.2, -0.15) is 0 Å². The highest BCUT2D eigenvalue weighted by Crippen LogP contribution is 2.34. The van der Waals surface area contributed by atoms with Crippen LogP contribution >= 0.6 is 11.3 Å². The first-order valence-electron chi connectivity index (χ1n) is 9.74. The number of carbonyl (C=O) groups is 1. The molecule has 1 N–H and O–H groups in total. The zero-order valence-corrected chi connectivity index (χ0v) is 18.3. The maximum Gasteiger partial charge on any atom is 0.223 e. The van der Waals surface area contributed by atoms with E-state index in [2.05, 4.69) is 20.6 Å². The van der Waals surface area contributed by atoms with E-state index in [1.165, 1.54) is 0 Å². The highest BCUT2D eigenvalue weighted by molar-refractivity contribution is 7.09. The summed E-state index contributed by atoms with van der Waals surface area (Å²) in [6, 6.07) is 3.62. The summed E-state index contributed by atoms with van der Waals surface area (Å²) in [6.45, 7) is 5.10. The van der Waals surface area contributed by atoms with Gasteiger partial charge in [-0.3, -0.25) is 9.69 Å². The van der Waals surface area contributed by atoms with Crippen molar-refractivity contribution in [2.75, 3.05) is 34.4 Å². The number of aryl methyl sites for hydroxylation is 1. The number of hydrogen-bond donors (Lipinski definition) is 1. The van der Waals surface area contributed by atoms with Crippen molar-refractivity contribution in [3.63, 3.8) is 0 Å². The summed E-state index contributed by atoms with van der Waals surface area (Å²) in [5.41, 5.74) is 1.98. The lowest BCUT2D eigenvalue weighted by molar-refractivity contribution is -0.126. The van der Waals surface area contributed by atoms with Crippen molar-refractivity contribution < 1.29 is 19.0 Å². The normalized spacial score (nSPS) is 15.2. The van der Waals surface area contributed by atoms with Gasteiger partial charge in [0.05, 0.1) is 32.0 Å². The molecule has 1 aliphatic rings. The van der Waals surface area contributed by atoms with Gasteiger partial charge in [0, 0.05) is 36.0 Å². The number of rotatable bonds is 8. The topological polar surface area (TPSA) is 72.9 Å². The third-order valence-electron chi connectivity index (χ3n) is 5.25. The van der Waals surface area contributed by atoms with Crippen LogP contribution in [0.4, 0.5) is 0 Å². The molecule has 0 saturated carbocycles. The average molecular weight is 420 g/mol. The van der Waals surface area contributed by atoms with Gasteiger partial charge in [0.2, 0.25) is 5.91 Å². The first-order valence-corrected chi connectivity index (χ1v) is 10.6. The first-order chi connectivity index (χ1) is 14.0. The van der Waals surface area contributed by atoms with Crippen molar-refractivity contribution in [1.82, 2.24) is 15.2 Å². The number of thiazole rings is 1. The minimum atomic E-state index is 0.0366. The average Bonchev–Trinajstić information content (AvgIpc) is 3.16. The molecule has 0 atom stereocenters. The second kappa shape index (κ2) is 9.93. The monoisotopic (exact) mass is 419 g/mol. The highest BCUT2D eigenvalue weighted by atomic mass is 32.1. The number of amides is 1. The van der Waals surface area contributed by atoms with Crippen molar-refractivity contribution in [2.24, 2.45) is 5.92 Å². The van der Waals surface area contributed by atoms with Gasteiger partial charge in [0.25, 0.3) is 0 Å². The van der Waals surface area contributed by atoms with Crippen LogP contribution in [0, 0.1) is 12.8 Å². The van der Waals surface area contributed by atoms with Crippen LogP contribution in [0.5, 0.6) is 17.2 Å². The van der Waals surface area contributed by atoms with Crippen LogP contribution in [0.2, 0.25) is 0 Å². The predicted molar refractivity (Wildman–Crippen MR) is 113 cm³/mol. The molecule has 7 nitrogen and oxygen atoms in total. The molecule has 1 amide bonds. The van der Waals surface area contributed by atoms with Crippen LogP contribution in [-0.4, -0.2) is 50.2 Å². The van der Waals surface area contributed by atoms with E-state index >= 15 is 0 Å². The van der Waals surface area contributed by atoms with Crippen LogP contribution in [0.15, 0.2) is 17.5 Å². The zero-order valence-electron chi connectivity index (χ0n) is 17.5. The Balaban J connectivity index is 1.52. The molecule has 2 heterocycles. The number of hydrogen-bond acceptors (Lipinski definition) is 7. The summed E-state index contributed by atoms with van der Waals surface area (Å²) in [5, 5.41) is 6.27. The van der Waals surface area contributed by atoms with E-state index in [1.54, 1.807) is 38.7 Å². The molecule has 0 bridgehead atoms. The number of aromatic nitrogens is 1. The fourth-order valence-electron chi connectivity index (χ4n) is 3.62. The molecular formula is C21H29N3O4S. The molecule has 0 unspecified atom stereocenters. The summed E-state index contributed by atoms with van der Waals surface area (Å²) < 4.78 is 16.1. The van der Waals surface area contributed by atoms with Gasteiger partial charge in [-0.15, -0.1) is 11.3 Å². The van der Waals surface area contributed by atoms with Crippen molar-refractivity contribution in [3.8, 4) is 17.2 Å². The minimum Gasteiger partial charge on any atom is -0.496 e. The minimum absolute atomic E-state index is 0.0366. The molecule has 0 spiro atoms. The molecule has 8 heteroatoms. The van der Waals surface area contributed by atoms with E-state index in [-0.39, 0.29) is 11.8 Å². The Hall–Kier alpha value is -2.32. The van der Waals surface area contributed by atoms with E-state index in [9.17, 15) is 4.79 Å². The van der Waals surface area contributed by atoms with E-state index in [1.807, 2.05) is 13.0 Å². The Kier molecular flexibility index (Phi) is 7.33. The molecule has 158 valence electrons. The van der Waals surface area contributed by atoms with E-state index in [0.717, 1.165) is 48.7 Å². The third kappa shape index (κ3) is 5.39. The summed E-state index contributed by atoms with van der Waals surface area (Å²) in [6.07, 6.45) is 1.72. The van der Waals surface area contributed by atoms with Gasteiger partial charge < -0.3 is 19.5 Å². The fraction of sp³-hybridized carbons (Fsp3) is 0.524. The maximum atomic E-state index is 12.7. The molecule has 29 heavy (non-hydrogen) atoms. The number of ether oxygens (including phenoxy) is 3. The number of nitrogens with one attached hydrogen (secondary N) is 1. The molecule has 1 saturated heterocycles. The molecule has 1 aromatic carbocycles. The van der Waals surface area contributed by atoms with Gasteiger partial charge in [0.1, 0.15) is 5.75 Å². The third-order valence-corrected chi connectivity index (χ3v) is 6.07. The zero-order chi connectivity index (χ0) is 20.8. The van der Waals surface area contributed by atoms with Gasteiger partial charge in [-0.1, -0.05) is 0 Å². The number of methoxy groups -OCH3 is 3. The molecular weight excluding hydrogens is 390 g/mol. The lowest BCUT2D eigenvalue weighted by atomic mass is 9.95. The summed E-state index contributed by atoms with van der Waals surface area (Å²) in [7, 11) is 4.78. The van der Waals surface area contributed by atoms with Crippen LogP contribution in [0.25, 0.3) is 0 Å². The molecule has 3 rings (SSSR count). The Morgan fingerprint density at radius 1 is 1.14 bits per heavy atom. The number of piperidine rings is 1. The standard InChI is InChI=1S/C21H29N3O4S/c1-14-23-17(13-29-14)12-24-7-5-15(6-8-24)21(25)22-11-16-9-19(27-3)20(28-4)10-18(16)26-2/h9-10,13,15H,5-8,11-12H2,1-4H3,(H,22,25). The van der Waals surface area contributed by atoms with Crippen molar-refractivity contribution in [2.45, 2.75) is 32.9 Å². The molecule has 1 aromatic heterocycles. The smallest absolute Gasteiger partial charge is 0.223 e. The van der Waals surface area contributed by atoms with Crippen molar-refractivity contribution in [3.05, 3.63) is 33.8 Å². The Labute approximate surface area is 176 Å². The van der Waals surface area contributed by atoms with Gasteiger partial charge in [-0.25, -0.2) is 4.98 Å². The number of carbonyl (C=O) groups excluding carboxylic acids is 1. The van der Waals surface area contributed by atoms with Gasteiger partial charge >= 0.3 is 0 Å². The number of likely N-dealkylation sites (tertiary alicyclic amines) is 1. The summed E-state index contributed by atoms with van der Waals surface area (Å²) in [5.74, 6) is 2.00. The predicted octanol–water partition coefficient (Wildman–Crippen LogP) is 3.01. The van der Waals surface area contributed by atoms with E-state index in [4.69, 9.17) is 14.2 Å². The molecule has 2 aromatic rings. The Morgan fingerprint density at radius 2 is 1.79 bits per heavy atom. The SMILES string of the molecule is COc1cc(OC)c(OC)cc1CNC(=O)C1CCN(Cc2csc(C)n2)CC1. The second-order valence-corrected chi connectivity index (χ2v) is 8.21. The van der Waals surface area contributed by atoms with Crippen molar-refractivity contribution >= 4 is 17.2 Å². The Bertz CT molecular complexity index is 831. The van der Waals surface area contributed by atoms with Crippen LogP contribution in [0.1, 0.15) is 29.1 Å². The lowest BCUT2D eigenvalue weighted by Gasteiger charge is -2.30. The lowest BCUT2D eigenvalue weighted by Crippen LogP contribution is -2.40. The number of benzene rings is 1. The van der Waals surface area contributed by atoms with Crippen LogP contribution < -0.4 is 19.5 Å². The largest absolute Gasteiger partial charge is 0.496 e. The summed E-state index contributed by atoms with van der Waals surface area (Å²) in [4.78, 5) is 19.6. The molecule has 0 aliphatic carbocycles. The van der Waals surface area contributed by atoms with Crippen LogP contribution in [-0.2, 0) is 17.9 Å². The van der Waals surface area contributed by atoms with Crippen molar-refractivity contribution in [1.29, 1.82) is 0 Å². The highest BCUT2D eigenvalue weighted by Gasteiger charge is 2.25. The molecule has 0 radical (unpaired) electrons. The fourth-order valence-corrected chi connectivity index (χ4v) is 4.22. The van der Waals surface area contributed by atoms with E-state index in [0.29, 0.717) is 23.8 Å². The molecule has 1 fully saturated rings. The van der Waals surface area contributed by atoms with Crippen LogP contribution in [0.3, 0.4) is 0 Å². The Morgan fingerprint density at radius 3 is 2.38 bits per heavy atom. The second-order valence-electron chi connectivity index (χ2n) is 7.15. The maximum absolute atomic E-state index is 12.7. The quantitative estimate of drug-likeness (QED) is 0.709. The van der Waals surface area contributed by atoms with Gasteiger partial charge in [-0.05, 0) is 38.9 Å². The first kappa shape index (κ1) is 21.4. The number of nitrogens with zero attached hydrogens (tertiary/aromatic N) is 2.